The fraction of sp³-hybridized carbons (Fsp3) is 0.417. The van der Waals surface area contributed by atoms with Crippen molar-refractivity contribution in [3.05, 3.63) is 71.8 Å². The largest absolute Gasteiger partial charge is 0.481 e. The molecule has 28 heavy (non-hydrogen) atoms. The lowest BCUT2D eigenvalue weighted by Crippen LogP contribution is -2.11. The summed E-state index contributed by atoms with van der Waals surface area (Å²) < 4.78 is 0. The molecule has 0 amide bonds. The van der Waals surface area contributed by atoms with Crippen LogP contribution in [0.4, 0.5) is 0 Å². The third kappa shape index (κ3) is 10.0. The summed E-state index contributed by atoms with van der Waals surface area (Å²) in [5.74, 6) is -0.935. The molecule has 0 saturated carbocycles. The first kappa shape index (κ1) is 23.6. The fourth-order valence-corrected chi connectivity index (χ4v) is 2.78. The van der Waals surface area contributed by atoms with Gasteiger partial charge >= 0.3 is 5.97 Å². The molecule has 0 aliphatic rings. The molecule has 0 saturated heterocycles. The van der Waals surface area contributed by atoms with E-state index in [1.165, 1.54) is 32.1 Å². The molecule has 0 aliphatic carbocycles. The van der Waals surface area contributed by atoms with Gasteiger partial charge in [0, 0.05) is 12.0 Å². The summed E-state index contributed by atoms with van der Waals surface area (Å²) in [6.45, 7) is 2.20. The second-order valence-corrected chi connectivity index (χ2v) is 6.81. The summed E-state index contributed by atoms with van der Waals surface area (Å²) in [6, 6.07) is 17.7. The lowest BCUT2D eigenvalue weighted by molar-refractivity contribution is -0.137. The van der Waals surface area contributed by atoms with Gasteiger partial charge in [0.25, 0.3) is 0 Å². The predicted molar refractivity (Wildman–Crippen MR) is 112 cm³/mol. The molecular weight excluding hydrogens is 352 g/mol. The number of hydrogen-bond acceptors (Lipinski definition) is 3. The van der Waals surface area contributed by atoms with Crippen LogP contribution in [0.3, 0.4) is 0 Å². The Hall–Kier alpha value is -2.46. The molecule has 4 heteroatoms. The van der Waals surface area contributed by atoms with Crippen LogP contribution in [-0.2, 0) is 4.79 Å². The van der Waals surface area contributed by atoms with Gasteiger partial charge in [0.15, 0.2) is 5.78 Å². The Morgan fingerprint density at radius 3 is 1.82 bits per heavy atom. The molecule has 0 radical (unpaired) electrons. The fourth-order valence-electron chi connectivity index (χ4n) is 2.78. The molecule has 0 bridgehead atoms. The van der Waals surface area contributed by atoms with E-state index < -0.39 is 12.1 Å². The van der Waals surface area contributed by atoms with Crippen LogP contribution < -0.4 is 0 Å². The maximum Gasteiger partial charge on any atom is 0.303 e. The van der Waals surface area contributed by atoms with Gasteiger partial charge < -0.3 is 10.2 Å². The molecule has 2 N–H and O–H groups in total. The minimum absolute atomic E-state index is 0.271. The van der Waals surface area contributed by atoms with Crippen molar-refractivity contribution >= 4 is 11.8 Å². The summed E-state index contributed by atoms with van der Waals surface area (Å²) in [4.78, 5) is 22.0. The zero-order chi connectivity index (χ0) is 20.6. The first-order chi connectivity index (χ1) is 13.6. The van der Waals surface area contributed by atoms with E-state index in [0.29, 0.717) is 17.5 Å². The third-order valence-electron chi connectivity index (χ3n) is 4.42. The molecule has 2 aromatic carbocycles. The average molecular weight is 385 g/mol. The molecule has 0 spiro atoms. The molecule has 4 nitrogen and oxygen atoms in total. The Kier molecular flexibility index (Phi) is 12.3. The summed E-state index contributed by atoms with van der Waals surface area (Å²) in [5, 5.41) is 18.2. The summed E-state index contributed by atoms with van der Waals surface area (Å²) in [6.07, 6.45) is 7.56. The van der Waals surface area contributed by atoms with Crippen molar-refractivity contribution < 1.29 is 19.8 Å². The van der Waals surface area contributed by atoms with Crippen LogP contribution in [0.2, 0.25) is 0 Å². The first-order valence-corrected chi connectivity index (χ1v) is 10.1. The maximum absolute atomic E-state index is 11.9. The van der Waals surface area contributed by atoms with Gasteiger partial charge in [0.1, 0.15) is 6.10 Å². The SMILES string of the molecule is CCCCCCCCCC(=O)O.O=C(c1ccccc1)C(O)c1ccccc1. The molecule has 1 atom stereocenters. The molecule has 0 heterocycles. The number of Topliss-reactive ketones (excluding diaryl/α,β-unsaturated/α-hetero) is 1. The van der Waals surface area contributed by atoms with E-state index in [-0.39, 0.29) is 5.78 Å². The molecule has 0 aromatic heterocycles. The van der Waals surface area contributed by atoms with Crippen LogP contribution in [-0.4, -0.2) is 22.0 Å². The van der Waals surface area contributed by atoms with Gasteiger partial charge in [-0.05, 0) is 12.0 Å². The summed E-state index contributed by atoms with van der Waals surface area (Å²) >= 11 is 0. The normalized spacial score (nSPS) is 11.2. The van der Waals surface area contributed by atoms with Gasteiger partial charge in [-0.25, -0.2) is 0 Å². The number of aliphatic carboxylic acids is 1. The number of carbonyl (C=O) groups excluding carboxylic acids is 1. The van der Waals surface area contributed by atoms with Gasteiger partial charge in [-0.1, -0.05) is 106 Å². The van der Waals surface area contributed by atoms with E-state index in [9.17, 15) is 14.7 Å². The van der Waals surface area contributed by atoms with Crippen LogP contribution in [0.25, 0.3) is 0 Å². The number of carboxylic acid groups (broad SMARTS) is 1. The van der Waals surface area contributed by atoms with Crippen molar-refractivity contribution in [3.63, 3.8) is 0 Å². The second-order valence-electron chi connectivity index (χ2n) is 6.81. The van der Waals surface area contributed by atoms with E-state index in [1.54, 1.807) is 48.5 Å². The minimum Gasteiger partial charge on any atom is -0.481 e. The smallest absolute Gasteiger partial charge is 0.303 e. The third-order valence-corrected chi connectivity index (χ3v) is 4.42. The number of carbonyl (C=O) groups is 2. The number of rotatable bonds is 11. The van der Waals surface area contributed by atoms with Crippen LogP contribution in [0.5, 0.6) is 0 Å². The molecule has 2 aromatic rings. The van der Waals surface area contributed by atoms with E-state index in [0.717, 1.165) is 12.8 Å². The first-order valence-electron chi connectivity index (χ1n) is 10.1. The van der Waals surface area contributed by atoms with E-state index in [1.807, 2.05) is 12.1 Å². The maximum atomic E-state index is 11.9. The van der Waals surface area contributed by atoms with Crippen LogP contribution in [0.15, 0.2) is 60.7 Å². The van der Waals surface area contributed by atoms with E-state index in [2.05, 4.69) is 6.92 Å². The van der Waals surface area contributed by atoms with Gasteiger partial charge in [-0.2, -0.15) is 0 Å². The molecule has 0 aliphatic heterocycles. The predicted octanol–water partition coefficient (Wildman–Crippen LogP) is 5.81. The highest BCUT2D eigenvalue weighted by Crippen LogP contribution is 2.17. The van der Waals surface area contributed by atoms with Crippen LogP contribution >= 0.6 is 0 Å². The molecular formula is C24H32O4. The van der Waals surface area contributed by atoms with Crippen molar-refractivity contribution in [2.45, 2.75) is 64.4 Å². The van der Waals surface area contributed by atoms with Crippen molar-refractivity contribution in [2.75, 3.05) is 0 Å². The summed E-state index contributed by atoms with van der Waals surface area (Å²) in [7, 11) is 0. The number of aliphatic hydroxyl groups is 1. The quantitative estimate of drug-likeness (QED) is 0.378. The standard InChI is InChI=1S/C14H12O2.C10H20O2/c15-13(11-7-3-1-4-8-11)14(16)12-9-5-2-6-10-12;1-2-3-4-5-6-7-8-9-10(11)12/h1-10,13,15H;2-9H2,1H3,(H,11,12). The molecule has 2 rings (SSSR count). The topological polar surface area (TPSA) is 74.6 Å². The number of ketones is 1. The Morgan fingerprint density at radius 2 is 1.29 bits per heavy atom. The second kappa shape index (κ2) is 14.6. The van der Waals surface area contributed by atoms with Crippen molar-refractivity contribution in [1.82, 2.24) is 0 Å². The van der Waals surface area contributed by atoms with Gasteiger partial charge in [-0.3, -0.25) is 9.59 Å². The highest BCUT2D eigenvalue weighted by molar-refractivity contribution is 5.99. The number of benzene rings is 2. The lowest BCUT2D eigenvalue weighted by Gasteiger charge is -2.09. The number of hydrogen-bond donors (Lipinski definition) is 2. The molecule has 1 unspecified atom stereocenters. The Morgan fingerprint density at radius 1 is 0.786 bits per heavy atom. The van der Waals surface area contributed by atoms with Gasteiger partial charge in [0.2, 0.25) is 0 Å². The highest BCUT2D eigenvalue weighted by Gasteiger charge is 2.18. The van der Waals surface area contributed by atoms with Crippen molar-refractivity contribution in [3.8, 4) is 0 Å². The van der Waals surface area contributed by atoms with E-state index in [4.69, 9.17) is 5.11 Å². The Balaban J connectivity index is 0.000000295. The molecule has 0 fully saturated rings. The number of unbranched alkanes of at least 4 members (excludes halogenated alkanes) is 6. The van der Waals surface area contributed by atoms with Gasteiger partial charge in [-0.15, -0.1) is 0 Å². The number of aliphatic hydroxyl groups excluding tert-OH is 1. The number of carboxylic acids is 1. The van der Waals surface area contributed by atoms with Crippen LogP contribution in [0.1, 0.15) is 80.3 Å². The summed E-state index contributed by atoms with van der Waals surface area (Å²) in [5.41, 5.74) is 1.15. The minimum atomic E-state index is -1.08. The molecule has 152 valence electrons. The Labute approximate surface area is 168 Å². The zero-order valence-corrected chi connectivity index (χ0v) is 16.7. The monoisotopic (exact) mass is 384 g/mol. The van der Waals surface area contributed by atoms with E-state index >= 15 is 0 Å². The van der Waals surface area contributed by atoms with Crippen molar-refractivity contribution in [2.24, 2.45) is 0 Å². The van der Waals surface area contributed by atoms with Gasteiger partial charge in [0.05, 0.1) is 0 Å². The lowest BCUT2D eigenvalue weighted by atomic mass is 10.0. The van der Waals surface area contributed by atoms with Crippen molar-refractivity contribution in [1.29, 1.82) is 0 Å². The Bertz CT molecular complexity index is 668. The zero-order valence-electron chi connectivity index (χ0n) is 16.7. The average Bonchev–Trinajstić information content (AvgIpc) is 2.73. The van der Waals surface area contributed by atoms with Crippen LogP contribution in [0, 0.1) is 0 Å². The highest BCUT2D eigenvalue weighted by atomic mass is 16.4.